The van der Waals surface area contributed by atoms with Crippen molar-refractivity contribution >= 4 is 40.3 Å². The van der Waals surface area contributed by atoms with Crippen LogP contribution in [0.1, 0.15) is 37.0 Å². The second-order valence-electron chi connectivity index (χ2n) is 10.4. The Morgan fingerprint density at radius 1 is 0.929 bits per heavy atom. The molecule has 1 atom stereocenters. The molecule has 1 aromatic heterocycles. The zero-order valence-electron chi connectivity index (χ0n) is 22.9. The van der Waals surface area contributed by atoms with Crippen molar-refractivity contribution in [2.75, 3.05) is 12.4 Å². The van der Waals surface area contributed by atoms with Crippen molar-refractivity contribution in [3.8, 4) is 22.5 Å². The summed E-state index contributed by atoms with van der Waals surface area (Å²) in [6.45, 7) is 1.72. The first-order chi connectivity index (χ1) is 20.3. The van der Waals surface area contributed by atoms with Crippen LogP contribution in [0.5, 0.6) is 0 Å². The second-order valence-corrected chi connectivity index (χ2v) is 10.8. The number of hydrogen-bond acceptors (Lipinski definition) is 5. The third kappa shape index (κ3) is 5.12. The lowest BCUT2D eigenvalue weighted by Gasteiger charge is -2.15. The zero-order chi connectivity index (χ0) is 29.4. The number of esters is 1. The molecule has 1 saturated carbocycles. The third-order valence-corrected chi connectivity index (χ3v) is 8.09. The Bertz CT molecular complexity index is 1790. The molecule has 0 unspecified atom stereocenters. The maximum absolute atomic E-state index is 14.2. The van der Waals surface area contributed by atoms with E-state index in [4.69, 9.17) is 25.5 Å². The summed E-state index contributed by atoms with van der Waals surface area (Å²) in [7, 11) is 1.42. The first kappa shape index (κ1) is 27.5. The topological polar surface area (TPSA) is 77.8 Å². The van der Waals surface area contributed by atoms with Crippen molar-refractivity contribution in [1.29, 1.82) is 0 Å². The molecule has 6 rings (SSSR count). The van der Waals surface area contributed by atoms with Gasteiger partial charge in [-0.2, -0.15) is 0 Å². The Labute approximate surface area is 247 Å². The maximum Gasteiger partial charge on any atom is 0.412 e. The van der Waals surface area contributed by atoms with Crippen LogP contribution in [0.4, 0.5) is 14.9 Å². The molecule has 1 amide bonds. The van der Waals surface area contributed by atoms with Crippen LogP contribution in [-0.2, 0) is 19.7 Å². The number of anilines is 1. The molecular weight excluding hydrogens is 557 g/mol. The fraction of sp³-hybridized carbons (Fsp3) is 0.176. The van der Waals surface area contributed by atoms with Crippen molar-refractivity contribution in [3.63, 3.8) is 0 Å². The molecule has 0 bridgehead atoms. The minimum atomic E-state index is -0.729. The number of benzene rings is 4. The van der Waals surface area contributed by atoms with Crippen LogP contribution in [0.3, 0.4) is 0 Å². The summed E-state index contributed by atoms with van der Waals surface area (Å²) in [6.07, 6.45) is 0.230. The highest BCUT2D eigenvalue weighted by molar-refractivity contribution is 6.31. The number of methoxy groups -OCH3 is 1. The number of amides is 1. The molecule has 8 heteroatoms. The summed E-state index contributed by atoms with van der Waals surface area (Å²) in [6, 6.07) is 26.8. The first-order valence-corrected chi connectivity index (χ1v) is 13.9. The quantitative estimate of drug-likeness (QED) is 0.193. The number of hydrogen-bond donors (Lipinski definition) is 1. The molecule has 5 aromatic rings. The number of fused-ring (bicyclic) bond motifs is 1. The largest absolute Gasteiger partial charge is 0.468 e. The van der Waals surface area contributed by atoms with Gasteiger partial charge in [0.2, 0.25) is 0 Å². The number of carbonyl (C=O) groups excluding carboxylic acids is 2. The van der Waals surface area contributed by atoms with E-state index in [9.17, 15) is 14.0 Å². The minimum Gasteiger partial charge on any atom is -0.468 e. The van der Waals surface area contributed by atoms with Gasteiger partial charge in [0.15, 0.2) is 5.76 Å². The SMILES string of the molecule is COC(=O)C1(c2ccc(-c3ccc(-c4oc5ccc(F)cc5c4NC(=O)O[C@H](C)c4ccccc4Cl)cc3)cc2)CC1. The highest BCUT2D eigenvalue weighted by atomic mass is 35.5. The predicted molar refractivity (Wildman–Crippen MR) is 160 cm³/mol. The van der Waals surface area contributed by atoms with Gasteiger partial charge in [-0.15, -0.1) is 0 Å². The van der Waals surface area contributed by atoms with Gasteiger partial charge < -0.3 is 13.9 Å². The molecule has 1 fully saturated rings. The Hall–Kier alpha value is -4.62. The fourth-order valence-electron chi connectivity index (χ4n) is 5.28. The number of ether oxygens (including phenoxy) is 2. The van der Waals surface area contributed by atoms with Crippen LogP contribution in [0.15, 0.2) is 95.4 Å². The van der Waals surface area contributed by atoms with E-state index in [1.165, 1.54) is 25.3 Å². The second kappa shape index (κ2) is 11.0. The average Bonchev–Trinajstić information content (AvgIpc) is 3.75. The van der Waals surface area contributed by atoms with Gasteiger partial charge in [0, 0.05) is 21.5 Å². The molecule has 6 nitrogen and oxygen atoms in total. The number of rotatable bonds is 7. The third-order valence-electron chi connectivity index (χ3n) is 7.75. The Balaban J connectivity index is 1.27. The Kier molecular flexibility index (Phi) is 7.21. The van der Waals surface area contributed by atoms with Crippen LogP contribution >= 0.6 is 11.6 Å². The summed E-state index contributed by atoms with van der Waals surface area (Å²) < 4.78 is 30.9. The smallest absolute Gasteiger partial charge is 0.412 e. The molecule has 212 valence electrons. The van der Waals surface area contributed by atoms with E-state index >= 15 is 0 Å². The van der Waals surface area contributed by atoms with Gasteiger partial charge in [0.1, 0.15) is 17.5 Å². The van der Waals surface area contributed by atoms with Crippen LogP contribution < -0.4 is 5.32 Å². The van der Waals surface area contributed by atoms with Gasteiger partial charge in [-0.1, -0.05) is 78.3 Å². The minimum absolute atomic E-state index is 0.197. The van der Waals surface area contributed by atoms with Crippen LogP contribution in [0.25, 0.3) is 33.4 Å². The van der Waals surface area contributed by atoms with E-state index in [0.717, 1.165) is 29.5 Å². The average molecular weight is 584 g/mol. The molecule has 0 radical (unpaired) electrons. The molecule has 1 N–H and O–H groups in total. The molecule has 42 heavy (non-hydrogen) atoms. The lowest BCUT2D eigenvalue weighted by molar-refractivity contribution is -0.143. The lowest BCUT2D eigenvalue weighted by atomic mass is 9.93. The molecule has 0 spiro atoms. The molecule has 1 heterocycles. The molecule has 0 aliphatic heterocycles. The number of nitrogens with one attached hydrogen (secondary N) is 1. The van der Waals surface area contributed by atoms with E-state index in [1.54, 1.807) is 25.1 Å². The van der Waals surface area contributed by atoms with Crippen molar-refractivity contribution in [1.82, 2.24) is 0 Å². The Morgan fingerprint density at radius 2 is 1.57 bits per heavy atom. The van der Waals surface area contributed by atoms with Crippen molar-refractivity contribution < 1.29 is 27.9 Å². The van der Waals surface area contributed by atoms with Gasteiger partial charge in [0.25, 0.3) is 0 Å². The van der Waals surface area contributed by atoms with Crippen molar-refractivity contribution in [2.45, 2.75) is 31.3 Å². The van der Waals surface area contributed by atoms with Crippen molar-refractivity contribution in [3.05, 3.63) is 113 Å². The highest BCUT2D eigenvalue weighted by Gasteiger charge is 2.52. The van der Waals surface area contributed by atoms with Gasteiger partial charge in [-0.05, 0) is 60.7 Å². The molecule has 1 aliphatic rings. The zero-order valence-corrected chi connectivity index (χ0v) is 23.7. The summed E-state index contributed by atoms with van der Waals surface area (Å²) in [5, 5.41) is 3.66. The molecule has 4 aromatic carbocycles. The normalized spacial score (nSPS) is 14.3. The molecular formula is C34H27ClFNO5. The summed E-state index contributed by atoms with van der Waals surface area (Å²) in [4.78, 5) is 25.2. The maximum atomic E-state index is 14.2. The summed E-state index contributed by atoms with van der Waals surface area (Å²) in [5.74, 6) is -0.291. The van der Waals surface area contributed by atoms with E-state index < -0.39 is 23.4 Å². The molecule has 1 aliphatic carbocycles. The predicted octanol–water partition coefficient (Wildman–Crippen LogP) is 9.07. The standard InChI is InChI=1S/C34H27ClFNO5/c1-20(26-5-3-4-6-28(26)35)41-33(39)37-30-27-19-25(36)15-16-29(27)42-31(30)23-9-7-21(8-10-23)22-11-13-24(14-12-22)34(17-18-34)32(38)40-2/h3-16,19-20H,17-18H2,1-2H3,(H,37,39)/t20-/m1/s1. The summed E-state index contributed by atoms with van der Waals surface area (Å²) >= 11 is 6.27. The van der Waals surface area contributed by atoms with E-state index in [1.807, 2.05) is 54.6 Å². The highest BCUT2D eigenvalue weighted by Crippen LogP contribution is 2.49. The number of furan rings is 1. The number of halogens is 2. The van der Waals surface area contributed by atoms with Gasteiger partial charge in [0.05, 0.1) is 18.2 Å². The van der Waals surface area contributed by atoms with Gasteiger partial charge in [-0.25, -0.2) is 9.18 Å². The van der Waals surface area contributed by atoms with Crippen LogP contribution in [0, 0.1) is 5.82 Å². The van der Waals surface area contributed by atoms with Crippen molar-refractivity contribution in [2.24, 2.45) is 0 Å². The molecule has 0 saturated heterocycles. The van der Waals surface area contributed by atoms with Crippen LogP contribution in [-0.4, -0.2) is 19.2 Å². The van der Waals surface area contributed by atoms with E-state index in [-0.39, 0.29) is 5.97 Å². The van der Waals surface area contributed by atoms with E-state index in [0.29, 0.717) is 38.6 Å². The van der Waals surface area contributed by atoms with Gasteiger partial charge >= 0.3 is 12.1 Å². The number of carbonyl (C=O) groups is 2. The first-order valence-electron chi connectivity index (χ1n) is 13.5. The summed E-state index contributed by atoms with van der Waals surface area (Å²) in [5.41, 5.74) is 4.44. The van der Waals surface area contributed by atoms with Gasteiger partial charge in [-0.3, -0.25) is 10.1 Å². The Morgan fingerprint density at radius 3 is 2.21 bits per heavy atom. The lowest BCUT2D eigenvalue weighted by Crippen LogP contribution is -2.21. The van der Waals surface area contributed by atoms with E-state index in [2.05, 4.69) is 5.32 Å². The fourth-order valence-corrected chi connectivity index (χ4v) is 5.57. The monoisotopic (exact) mass is 583 g/mol. The van der Waals surface area contributed by atoms with Crippen LogP contribution in [0.2, 0.25) is 5.02 Å².